The predicted molar refractivity (Wildman–Crippen MR) is 122 cm³/mol. The Hall–Kier alpha value is -2.42. The highest BCUT2D eigenvalue weighted by Crippen LogP contribution is 2.13. The number of nitrogens with one attached hydrogen (secondary N) is 2. The van der Waals surface area contributed by atoms with E-state index in [-0.39, 0.29) is 29.8 Å². The summed E-state index contributed by atoms with van der Waals surface area (Å²) in [5.41, 5.74) is 4.25. The van der Waals surface area contributed by atoms with Crippen LogP contribution in [-0.4, -0.2) is 29.3 Å². The van der Waals surface area contributed by atoms with Gasteiger partial charge in [-0.2, -0.15) is 5.10 Å². The molecule has 0 fully saturated rings. The van der Waals surface area contributed by atoms with Gasteiger partial charge in [0.25, 0.3) is 0 Å². The molecular weight excluding hydrogens is 468 g/mol. The summed E-state index contributed by atoms with van der Waals surface area (Å²) in [6, 6.07) is 14.9. The molecule has 0 spiro atoms. The first-order valence-corrected chi connectivity index (χ1v) is 8.95. The van der Waals surface area contributed by atoms with E-state index in [1.54, 1.807) is 19.3 Å². The maximum Gasteiger partial charge on any atom is 0.191 e. The largest absolute Gasteiger partial charge is 0.356 e. The fraction of sp³-hybridized carbons (Fsp3) is 0.238. The van der Waals surface area contributed by atoms with Crippen molar-refractivity contribution in [1.82, 2.24) is 20.4 Å². The van der Waals surface area contributed by atoms with Crippen LogP contribution in [0.1, 0.15) is 16.7 Å². The van der Waals surface area contributed by atoms with Crippen molar-refractivity contribution in [2.75, 3.05) is 13.6 Å². The summed E-state index contributed by atoms with van der Waals surface area (Å²) in [6.45, 7) is 3.27. The van der Waals surface area contributed by atoms with Crippen LogP contribution in [0.5, 0.6) is 0 Å². The third kappa shape index (κ3) is 5.79. The Morgan fingerprint density at radius 3 is 2.64 bits per heavy atom. The molecule has 0 unspecified atom stereocenters. The SMILES string of the molecule is CN=C(NCCc1ccc(F)cc1C)NCc1ccccc1-n1cccn1.I. The molecule has 28 heavy (non-hydrogen) atoms. The molecule has 0 amide bonds. The van der Waals surface area contributed by atoms with E-state index < -0.39 is 0 Å². The molecule has 0 radical (unpaired) electrons. The van der Waals surface area contributed by atoms with Crippen LogP contribution in [0.2, 0.25) is 0 Å². The topological polar surface area (TPSA) is 54.2 Å². The number of benzene rings is 2. The Bertz CT molecular complexity index is 909. The molecule has 148 valence electrons. The van der Waals surface area contributed by atoms with Crippen molar-refractivity contribution in [2.45, 2.75) is 19.9 Å². The lowest BCUT2D eigenvalue weighted by Crippen LogP contribution is -2.38. The number of para-hydroxylation sites is 1. The molecule has 0 aliphatic carbocycles. The maximum atomic E-state index is 13.2. The van der Waals surface area contributed by atoms with Gasteiger partial charge in [0.05, 0.1) is 5.69 Å². The Morgan fingerprint density at radius 2 is 1.93 bits per heavy atom. The Labute approximate surface area is 182 Å². The number of nitrogens with zero attached hydrogens (tertiary/aromatic N) is 3. The zero-order valence-corrected chi connectivity index (χ0v) is 18.4. The summed E-state index contributed by atoms with van der Waals surface area (Å²) in [7, 11) is 1.75. The summed E-state index contributed by atoms with van der Waals surface area (Å²) < 4.78 is 15.0. The Kier molecular flexibility index (Phi) is 8.43. The standard InChI is InChI=1S/C21H24FN5.HI/c1-16-14-19(22)9-8-17(16)10-12-24-21(23-2)25-15-18-6-3-4-7-20(18)27-13-5-11-26-27;/h3-9,11,13-14H,10,12,15H2,1-2H3,(H2,23,24,25);1H. The summed E-state index contributed by atoms with van der Waals surface area (Å²) >= 11 is 0. The van der Waals surface area contributed by atoms with Crippen molar-refractivity contribution < 1.29 is 4.39 Å². The van der Waals surface area contributed by atoms with Gasteiger partial charge in [-0.15, -0.1) is 24.0 Å². The van der Waals surface area contributed by atoms with Gasteiger partial charge in [-0.05, 0) is 54.3 Å². The van der Waals surface area contributed by atoms with Crippen LogP contribution in [0.25, 0.3) is 5.69 Å². The molecule has 5 nitrogen and oxygen atoms in total. The van der Waals surface area contributed by atoms with Crippen LogP contribution in [0.15, 0.2) is 65.9 Å². The first-order valence-electron chi connectivity index (χ1n) is 8.95. The van der Waals surface area contributed by atoms with Crippen LogP contribution in [0.4, 0.5) is 4.39 Å². The van der Waals surface area contributed by atoms with E-state index >= 15 is 0 Å². The van der Waals surface area contributed by atoms with Crippen LogP contribution >= 0.6 is 24.0 Å². The maximum absolute atomic E-state index is 13.2. The minimum absolute atomic E-state index is 0. The highest BCUT2D eigenvalue weighted by atomic mass is 127. The van der Waals surface area contributed by atoms with Crippen molar-refractivity contribution in [1.29, 1.82) is 0 Å². The van der Waals surface area contributed by atoms with E-state index in [9.17, 15) is 4.39 Å². The minimum atomic E-state index is -0.197. The number of hydrogen-bond acceptors (Lipinski definition) is 2. The highest BCUT2D eigenvalue weighted by molar-refractivity contribution is 14.0. The molecule has 1 aromatic heterocycles. The smallest absolute Gasteiger partial charge is 0.191 e. The molecule has 3 rings (SSSR count). The van der Waals surface area contributed by atoms with E-state index in [1.807, 2.05) is 48.1 Å². The van der Waals surface area contributed by atoms with Crippen LogP contribution in [-0.2, 0) is 13.0 Å². The number of aromatic nitrogens is 2. The number of aryl methyl sites for hydroxylation is 1. The number of halogens is 2. The van der Waals surface area contributed by atoms with E-state index in [0.717, 1.165) is 34.8 Å². The molecule has 0 aliphatic heterocycles. The van der Waals surface area contributed by atoms with Gasteiger partial charge < -0.3 is 10.6 Å². The van der Waals surface area contributed by atoms with Gasteiger partial charge in [0, 0.05) is 32.5 Å². The van der Waals surface area contributed by atoms with Crippen molar-refractivity contribution in [3.63, 3.8) is 0 Å². The van der Waals surface area contributed by atoms with Gasteiger partial charge in [0.1, 0.15) is 5.82 Å². The highest BCUT2D eigenvalue weighted by Gasteiger charge is 2.06. The average Bonchev–Trinajstić information content (AvgIpc) is 3.21. The lowest BCUT2D eigenvalue weighted by Gasteiger charge is -2.14. The van der Waals surface area contributed by atoms with Gasteiger partial charge in [0.2, 0.25) is 0 Å². The molecule has 2 N–H and O–H groups in total. The zero-order chi connectivity index (χ0) is 19.1. The van der Waals surface area contributed by atoms with E-state index in [4.69, 9.17) is 0 Å². The van der Waals surface area contributed by atoms with Gasteiger partial charge in [-0.1, -0.05) is 24.3 Å². The zero-order valence-electron chi connectivity index (χ0n) is 16.0. The monoisotopic (exact) mass is 493 g/mol. The van der Waals surface area contributed by atoms with Crippen LogP contribution in [0, 0.1) is 12.7 Å². The molecule has 3 aromatic rings. The van der Waals surface area contributed by atoms with E-state index in [0.29, 0.717) is 13.1 Å². The van der Waals surface area contributed by atoms with E-state index in [1.165, 1.54) is 6.07 Å². The van der Waals surface area contributed by atoms with Gasteiger partial charge in [0.15, 0.2) is 5.96 Å². The lowest BCUT2D eigenvalue weighted by molar-refractivity contribution is 0.625. The average molecular weight is 493 g/mol. The summed E-state index contributed by atoms with van der Waals surface area (Å²) in [5.74, 6) is 0.530. The molecule has 0 saturated heterocycles. The molecular formula is C21H25FIN5. The van der Waals surface area contributed by atoms with Crippen molar-refractivity contribution >= 4 is 29.9 Å². The summed E-state index contributed by atoms with van der Waals surface area (Å²) in [4.78, 5) is 4.28. The minimum Gasteiger partial charge on any atom is -0.356 e. The molecule has 1 heterocycles. The first-order chi connectivity index (χ1) is 13.2. The summed E-state index contributed by atoms with van der Waals surface area (Å²) in [5, 5.41) is 11.0. The number of rotatable bonds is 6. The predicted octanol–water partition coefficient (Wildman–Crippen LogP) is 3.85. The van der Waals surface area contributed by atoms with Crippen molar-refractivity contribution in [3.05, 3.63) is 83.4 Å². The number of guanidine groups is 1. The molecule has 0 atom stereocenters. The third-order valence-corrected chi connectivity index (χ3v) is 4.40. The second-order valence-electron chi connectivity index (χ2n) is 6.25. The normalized spacial score (nSPS) is 11.0. The van der Waals surface area contributed by atoms with Crippen molar-refractivity contribution in [2.24, 2.45) is 4.99 Å². The van der Waals surface area contributed by atoms with Crippen LogP contribution in [0.3, 0.4) is 0 Å². The van der Waals surface area contributed by atoms with Gasteiger partial charge >= 0.3 is 0 Å². The van der Waals surface area contributed by atoms with E-state index in [2.05, 4.69) is 26.8 Å². The quantitative estimate of drug-likeness (QED) is 0.312. The van der Waals surface area contributed by atoms with Gasteiger partial charge in [-0.3, -0.25) is 4.99 Å². The lowest BCUT2D eigenvalue weighted by atomic mass is 10.1. The third-order valence-electron chi connectivity index (χ3n) is 4.40. The van der Waals surface area contributed by atoms with Crippen molar-refractivity contribution in [3.8, 4) is 5.69 Å². The molecule has 0 saturated carbocycles. The fourth-order valence-electron chi connectivity index (χ4n) is 2.95. The first kappa shape index (κ1) is 21.9. The molecule has 0 bridgehead atoms. The molecule has 7 heteroatoms. The molecule has 0 aliphatic rings. The fourth-order valence-corrected chi connectivity index (χ4v) is 2.95. The van der Waals surface area contributed by atoms with Crippen LogP contribution < -0.4 is 10.6 Å². The number of hydrogen-bond donors (Lipinski definition) is 2. The Morgan fingerprint density at radius 1 is 1.11 bits per heavy atom. The summed E-state index contributed by atoms with van der Waals surface area (Å²) in [6.07, 6.45) is 4.50. The molecule has 2 aromatic carbocycles. The Balaban J connectivity index is 0.00000280. The second-order valence-corrected chi connectivity index (χ2v) is 6.25. The second kappa shape index (κ2) is 10.8. The van der Waals surface area contributed by atoms with Gasteiger partial charge in [-0.25, -0.2) is 9.07 Å². The number of aliphatic imine (C=N–C) groups is 1.